The number of benzene rings is 1. The monoisotopic (exact) mass is 322 g/mol. The number of hydrogen-bond donors (Lipinski definition) is 1. The summed E-state index contributed by atoms with van der Waals surface area (Å²) in [5.41, 5.74) is -0.158. The zero-order valence-electron chi connectivity index (χ0n) is 9.78. The Morgan fingerprint density at radius 3 is 2.61 bits per heavy atom. The summed E-state index contributed by atoms with van der Waals surface area (Å²) < 4.78 is 23.2. The molecule has 0 heterocycles. The number of nitrogens with one attached hydrogen (secondary N) is 1. The van der Waals surface area contributed by atoms with Crippen molar-refractivity contribution >= 4 is 27.3 Å². The quantitative estimate of drug-likeness (QED) is 0.495. The number of halogens is 2. The van der Waals surface area contributed by atoms with Crippen LogP contribution in [-0.2, 0) is 9.47 Å². The summed E-state index contributed by atoms with van der Waals surface area (Å²) in [4.78, 5) is 10.1. The Bertz CT molecular complexity index is 440. The summed E-state index contributed by atoms with van der Waals surface area (Å²) in [6.45, 7) is 0.200. The van der Waals surface area contributed by atoms with Crippen molar-refractivity contribution in [1.82, 2.24) is 0 Å². The minimum absolute atomic E-state index is 0.141. The molecule has 0 spiro atoms. The summed E-state index contributed by atoms with van der Waals surface area (Å²) >= 11 is 2.97. The maximum absolute atomic E-state index is 13.2. The van der Waals surface area contributed by atoms with Crippen molar-refractivity contribution in [2.75, 3.05) is 26.1 Å². The molecule has 1 rings (SSSR count). The Morgan fingerprint density at radius 1 is 1.50 bits per heavy atom. The number of methoxy groups -OCH3 is 2. The minimum atomic E-state index is -0.692. The van der Waals surface area contributed by atoms with Gasteiger partial charge in [-0.3, -0.25) is 10.1 Å². The molecule has 0 unspecified atom stereocenters. The van der Waals surface area contributed by atoms with Crippen molar-refractivity contribution in [3.63, 3.8) is 0 Å². The molecule has 0 aliphatic heterocycles. The van der Waals surface area contributed by atoms with Gasteiger partial charge in [-0.2, -0.15) is 0 Å². The van der Waals surface area contributed by atoms with E-state index in [1.54, 1.807) is 0 Å². The van der Waals surface area contributed by atoms with E-state index in [0.717, 1.165) is 6.07 Å². The molecule has 1 aromatic rings. The number of anilines is 1. The van der Waals surface area contributed by atoms with Crippen molar-refractivity contribution in [3.05, 3.63) is 32.5 Å². The average molecular weight is 323 g/mol. The van der Waals surface area contributed by atoms with E-state index < -0.39 is 17.0 Å². The maximum atomic E-state index is 13.2. The topological polar surface area (TPSA) is 73.6 Å². The highest BCUT2D eigenvalue weighted by Crippen LogP contribution is 2.30. The van der Waals surface area contributed by atoms with Crippen molar-refractivity contribution in [2.45, 2.75) is 6.29 Å². The van der Waals surface area contributed by atoms with Gasteiger partial charge in [-0.05, 0) is 22.0 Å². The van der Waals surface area contributed by atoms with Gasteiger partial charge in [0, 0.05) is 14.2 Å². The molecule has 1 N–H and O–H groups in total. The first-order valence-electron chi connectivity index (χ1n) is 4.92. The Labute approximate surface area is 111 Å². The molecule has 8 heteroatoms. The van der Waals surface area contributed by atoms with E-state index in [0.29, 0.717) is 0 Å². The summed E-state index contributed by atoms with van der Waals surface area (Å²) in [6, 6.07) is 2.15. The van der Waals surface area contributed by atoms with Crippen molar-refractivity contribution in [3.8, 4) is 0 Å². The average Bonchev–Trinajstić information content (AvgIpc) is 2.34. The fraction of sp³-hybridized carbons (Fsp3) is 0.400. The first-order valence-corrected chi connectivity index (χ1v) is 5.71. The van der Waals surface area contributed by atoms with Gasteiger partial charge in [0.2, 0.25) is 0 Å². The second kappa shape index (κ2) is 6.62. The van der Waals surface area contributed by atoms with Gasteiger partial charge in [-0.1, -0.05) is 0 Å². The first kappa shape index (κ1) is 14.8. The van der Waals surface area contributed by atoms with Crippen LogP contribution < -0.4 is 5.32 Å². The molecule has 0 bridgehead atoms. The molecular formula is C10H12BrFN2O4. The number of nitrogens with zero attached hydrogens (tertiary/aromatic N) is 1. The van der Waals surface area contributed by atoms with Crippen LogP contribution in [0.5, 0.6) is 0 Å². The zero-order chi connectivity index (χ0) is 13.7. The molecule has 6 nitrogen and oxygen atoms in total. The minimum Gasteiger partial charge on any atom is -0.374 e. The van der Waals surface area contributed by atoms with Gasteiger partial charge in [-0.25, -0.2) is 4.39 Å². The van der Waals surface area contributed by atoms with Crippen LogP contribution in [0.15, 0.2) is 16.6 Å². The molecule has 0 aliphatic carbocycles. The lowest BCUT2D eigenvalue weighted by molar-refractivity contribution is -0.384. The SMILES string of the molecule is COC(CNc1cc(Br)c(F)cc1[N+](=O)[O-])OC. The summed E-state index contributed by atoms with van der Waals surface area (Å²) in [5.74, 6) is -0.692. The fourth-order valence-corrected chi connectivity index (χ4v) is 1.63. The highest BCUT2D eigenvalue weighted by Gasteiger charge is 2.18. The van der Waals surface area contributed by atoms with Crippen molar-refractivity contribution in [1.29, 1.82) is 0 Å². The van der Waals surface area contributed by atoms with Crippen LogP contribution in [0.3, 0.4) is 0 Å². The lowest BCUT2D eigenvalue weighted by atomic mass is 10.2. The Kier molecular flexibility index (Phi) is 5.45. The molecule has 18 heavy (non-hydrogen) atoms. The van der Waals surface area contributed by atoms with E-state index in [1.807, 2.05) is 0 Å². The molecule has 0 atom stereocenters. The maximum Gasteiger partial charge on any atom is 0.295 e. The molecule has 0 aromatic heterocycles. The van der Waals surface area contributed by atoms with E-state index in [-0.39, 0.29) is 22.4 Å². The van der Waals surface area contributed by atoms with Crippen LogP contribution in [0.4, 0.5) is 15.8 Å². The van der Waals surface area contributed by atoms with Crippen LogP contribution in [0, 0.1) is 15.9 Å². The third-order valence-electron chi connectivity index (χ3n) is 2.22. The smallest absolute Gasteiger partial charge is 0.295 e. The van der Waals surface area contributed by atoms with Gasteiger partial charge in [0.25, 0.3) is 5.69 Å². The Morgan fingerprint density at radius 2 is 2.11 bits per heavy atom. The summed E-state index contributed by atoms with van der Waals surface area (Å²) in [6.07, 6.45) is -0.548. The van der Waals surface area contributed by atoms with Gasteiger partial charge in [-0.15, -0.1) is 0 Å². The Hall–Kier alpha value is -1.25. The van der Waals surface area contributed by atoms with E-state index in [1.165, 1.54) is 20.3 Å². The molecular weight excluding hydrogens is 311 g/mol. The first-order chi connectivity index (χ1) is 8.49. The van der Waals surface area contributed by atoms with Crippen LogP contribution in [0.1, 0.15) is 0 Å². The van der Waals surface area contributed by atoms with Crippen LogP contribution in [-0.4, -0.2) is 32.0 Å². The Balaban J connectivity index is 2.93. The van der Waals surface area contributed by atoms with Gasteiger partial charge in [0.05, 0.1) is 22.0 Å². The van der Waals surface area contributed by atoms with Gasteiger partial charge >= 0.3 is 0 Å². The third kappa shape index (κ3) is 3.62. The lowest BCUT2D eigenvalue weighted by Crippen LogP contribution is -2.24. The number of ether oxygens (including phenoxy) is 2. The van der Waals surface area contributed by atoms with Crippen molar-refractivity contribution in [2.24, 2.45) is 0 Å². The van der Waals surface area contributed by atoms with Crippen LogP contribution >= 0.6 is 15.9 Å². The van der Waals surface area contributed by atoms with E-state index in [9.17, 15) is 14.5 Å². The molecule has 1 aromatic carbocycles. The standard InChI is InChI=1S/C10H12BrFN2O4/c1-17-10(18-2)5-13-8-3-6(11)7(12)4-9(8)14(15)16/h3-4,10,13H,5H2,1-2H3. The summed E-state index contributed by atoms with van der Waals surface area (Å²) in [5, 5.41) is 13.6. The lowest BCUT2D eigenvalue weighted by Gasteiger charge is -2.15. The number of nitro benzene ring substituents is 1. The summed E-state index contributed by atoms with van der Waals surface area (Å²) in [7, 11) is 2.90. The van der Waals surface area contributed by atoms with E-state index in [2.05, 4.69) is 21.2 Å². The highest BCUT2D eigenvalue weighted by molar-refractivity contribution is 9.10. The second-order valence-corrected chi connectivity index (χ2v) is 4.18. The predicted molar refractivity (Wildman–Crippen MR) is 67.1 cm³/mol. The highest BCUT2D eigenvalue weighted by atomic mass is 79.9. The van der Waals surface area contributed by atoms with Crippen LogP contribution in [0.25, 0.3) is 0 Å². The second-order valence-electron chi connectivity index (χ2n) is 3.32. The molecule has 0 amide bonds. The van der Waals surface area contributed by atoms with Gasteiger partial charge in [0.1, 0.15) is 11.5 Å². The number of hydrogen-bond acceptors (Lipinski definition) is 5. The zero-order valence-corrected chi connectivity index (χ0v) is 11.4. The van der Waals surface area contributed by atoms with E-state index in [4.69, 9.17) is 9.47 Å². The molecule has 0 saturated carbocycles. The molecule has 0 aliphatic rings. The molecule has 100 valence electrons. The third-order valence-corrected chi connectivity index (χ3v) is 2.83. The molecule has 0 fully saturated rings. The van der Waals surface area contributed by atoms with Gasteiger partial charge < -0.3 is 14.8 Å². The van der Waals surface area contributed by atoms with Crippen LogP contribution in [0.2, 0.25) is 0 Å². The van der Waals surface area contributed by atoms with E-state index >= 15 is 0 Å². The molecule has 0 saturated heterocycles. The number of nitro groups is 1. The number of rotatable bonds is 6. The normalized spacial score (nSPS) is 10.7. The van der Waals surface area contributed by atoms with Crippen molar-refractivity contribution < 1.29 is 18.8 Å². The van der Waals surface area contributed by atoms with Gasteiger partial charge in [0.15, 0.2) is 6.29 Å². The predicted octanol–water partition coefficient (Wildman–Crippen LogP) is 2.53. The molecule has 0 radical (unpaired) electrons. The fourth-order valence-electron chi connectivity index (χ4n) is 1.29. The largest absolute Gasteiger partial charge is 0.374 e.